The van der Waals surface area contributed by atoms with Gasteiger partial charge in [-0.15, -0.1) is 0 Å². The first-order chi connectivity index (χ1) is 10.1. The normalized spacial score (nSPS) is 22.3. The Morgan fingerprint density at radius 2 is 2.05 bits per heavy atom. The lowest BCUT2D eigenvalue weighted by atomic mass is 9.95. The molecule has 1 aromatic rings. The van der Waals surface area contributed by atoms with Gasteiger partial charge in [-0.3, -0.25) is 4.79 Å². The summed E-state index contributed by atoms with van der Waals surface area (Å²) < 4.78 is 5.37. The molecule has 6 heteroatoms. The van der Waals surface area contributed by atoms with Crippen LogP contribution in [0.3, 0.4) is 0 Å². The molecule has 0 aliphatic heterocycles. The molecule has 1 aliphatic rings. The van der Waals surface area contributed by atoms with Crippen molar-refractivity contribution in [2.45, 2.75) is 51.6 Å². The van der Waals surface area contributed by atoms with Crippen molar-refractivity contribution in [1.29, 1.82) is 0 Å². The third-order valence-corrected chi connectivity index (χ3v) is 3.87. The second-order valence-electron chi connectivity index (χ2n) is 5.53. The molecule has 0 aromatic carbocycles. The topological polar surface area (TPSA) is 91.6 Å². The van der Waals surface area contributed by atoms with Gasteiger partial charge in [0, 0.05) is 6.04 Å². The van der Waals surface area contributed by atoms with E-state index in [1.165, 1.54) is 0 Å². The first kappa shape index (κ1) is 15.4. The van der Waals surface area contributed by atoms with E-state index in [2.05, 4.69) is 10.6 Å². The van der Waals surface area contributed by atoms with Crippen LogP contribution in [0.5, 0.6) is 0 Å². The molecule has 0 saturated heterocycles. The number of urea groups is 1. The van der Waals surface area contributed by atoms with Crippen molar-refractivity contribution in [2.24, 2.45) is 5.92 Å². The SMILES string of the molecule is Cc1ccc(CNC(=O)NC2CCCCCC2C(=O)O)o1. The van der Waals surface area contributed by atoms with E-state index in [0.29, 0.717) is 25.1 Å². The van der Waals surface area contributed by atoms with Crippen molar-refractivity contribution in [3.05, 3.63) is 23.7 Å². The molecular formula is C15H22N2O4. The van der Waals surface area contributed by atoms with Crippen molar-refractivity contribution in [1.82, 2.24) is 10.6 Å². The number of aliphatic carboxylic acids is 1. The van der Waals surface area contributed by atoms with E-state index in [-0.39, 0.29) is 12.1 Å². The van der Waals surface area contributed by atoms with Gasteiger partial charge in [0.05, 0.1) is 12.5 Å². The maximum Gasteiger partial charge on any atom is 0.315 e. The lowest BCUT2D eigenvalue weighted by Crippen LogP contribution is -2.47. The highest BCUT2D eigenvalue weighted by atomic mass is 16.4. The lowest BCUT2D eigenvalue weighted by molar-refractivity contribution is -0.142. The Balaban J connectivity index is 1.85. The van der Waals surface area contributed by atoms with Gasteiger partial charge in [0.2, 0.25) is 0 Å². The van der Waals surface area contributed by atoms with E-state index < -0.39 is 11.9 Å². The number of nitrogens with one attached hydrogen (secondary N) is 2. The molecule has 0 spiro atoms. The van der Waals surface area contributed by atoms with Crippen LogP contribution in [-0.4, -0.2) is 23.1 Å². The molecule has 0 radical (unpaired) electrons. The van der Waals surface area contributed by atoms with Crippen molar-refractivity contribution in [3.63, 3.8) is 0 Å². The minimum atomic E-state index is -0.830. The zero-order chi connectivity index (χ0) is 15.2. The number of hydrogen-bond acceptors (Lipinski definition) is 3. The van der Waals surface area contributed by atoms with Gasteiger partial charge in [-0.25, -0.2) is 4.79 Å². The standard InChI is InChI=1S/C15H22N2O4/c1-10-7-8-11(21-10)9-16-15(20)17-13-6-4-2-3-5-12(13)14(18)19/h7-8,12-13H,2-6,9H2,1H3,(H,18,19)(H2,16,17,20). The molecule has 2 atom stereocenters. The molecule has 2 amide bonds. The molecule has 2 rings (SSSR count). The summed E-state index contributed by atoms with van der Waals surface area (Å²) in [6, 6.07) is 2.99. The van der Waals surface area contributed by atoms with Crippen LogP contribution < -0.4 is 10.6 Å². The number of carboxylic acid groups (broad SMARTS) is 1. The van der Waals surface area contributed by atoms with Gasteiger partial charge in [0.15, 0.2) is 0 Å². The number of rotatable bonds is 4. The molecule has 1 saturated carbocycles. The number of hydrogen-bond donors (Lipinski definition) is 3. The number of furan rings is 1. The molecule has 0 bridgehead atoms. The van der Waals surface area contributed by atoms with E-state index in [1.807, 2.05) is 13.0 Å². The van der Waals surface area contributed by atoms with Gasteiger partial charge in [0.1, 0.15) is 11.5 Å². The molecule has 2 unspecified atom stereocenters. The van der Waals surface area contributed by atoms with Gasteiger partial charge in [-0.05, 0) is 31.9 Å². The Hall–Kier alpha value is -1.98. The Morgan fingerprint density at radius 3 is 2.71 bits per heavy atom. The van der Waals surface area contributed by atoms with E-state index in [4.69, 9.17) is 4.42 Å². The highest BCUT2D eigenvalue weighted by Gasteiger charge is 2.30. The van der Waals surface area contributed by atoms with Crippen LogP contribution in [0.15, 0.2) is 16.5 Å². The molecule has 116 valence electrons. The minimum Gasteiger partial charge on any atom is -0.481 e. The Kier molecular flexibility index (Phi) is 5.25. The average Bonchev–Trinajstić information content (AvgIpc) is 2.70. The molecule has 1 heterocycles. The van der Waals surface area contributed by atoms with Crippen LogP contribution in [0.1, 0.15) is 43.6 Å². The molecule has 6 nitrogen and oxygen atoms in total. The zero-order valence-electron chi connectivity index (χ0n) is 12.2. The van der Waals surface area contributed by atoms with E-state index >= 15 is 0 Å². The van der Waals surface area contributed by atoms with Crippen LogP contribution >= 0.6 is 0 Å². The van der Waals surface area contributed by atoms with Crippen LogP contribution in [0.2, 0.25) is 0 Å². The number of amides is 2. The summed E-state index contributed by atoms with van der Waals surface area (Å²) in [5.74, 6) is 0.146. The summed E-state index contributed by atoms with van der Waals surface area (Å²) in [5, 5.41) is 14.8. The maximum atomic E-state index is 11.9. The smallest absolute Gasteiger partial charge is 0.315 e. The Morgan fingerprint density at radius 1 is 1.29 bits per heavy atom. The predicted molar refractivity (Wildman–Crippen MR) is 76.8 cm³/mol. The largest absolute Gasteiger partial charge is 0.481 e. The average molecular weight is 294 g/mol. The van der Waals surface area contributed by atoms with Gasteiger partial charge >= 0.3 is 12.0 Å². The third-order valence-electron chi connectivity index (χ3n) is 3.87. The molecule has 1 aromatic heterocycles. The van der Waals surface area contributed by atoms with Crippen molar-refractivity contribution < 1.29 is 19.1 Å². The van der Waals surface area contributed by atoms with Gasteiger partial charge in [-0.2, -0.15) is 0 Å². The number of carbonyl (C=O) groups is 2. The fraction of sp³-hybridized carbons (Fsp3) is 0.600. The summed E-state index contributed by atoms with van der Waals surface area (Å²) in [6.45, 7) is 2.14. The highest BCUT2D eigenvalue weighted by Crippen LogP contribution is 2.23. The molecule has 21 heavy (non-hydrogen) atoms. The summed E-state index contributed by atoms with van der Waals surface area (Å²) in [7, 11) is 0. The number of carboxylic acids is 1. The molecule has 3 N–H and O–H groups in total. The van der Waals surface area contributed by atoms with Crippen LogP contribution in [0, 0.1) is 12.8 Å². The third kappa shape index (κ3) is 4.51. The van der Waals surface area contributed by atoms with E-state index in [0.717, 1.165) is 25.0 Å². The monoisotopic (exact) mass is 294 g/mol. The molecule has 1 fully saturated rings. The van der Waals surface area contributed by atoms with Crippen LogP contribution in [0.4, 0.5) is 4.79 Å². The summed E-state index contributed by atoms with van der Waals surface area (Å²) in [6.07, 6.45) is 4.21. The fourth-order valence-electron chi connectivity index (χ4n) is 2.74. The van der Waals surface area contributed by atoms with Gasteiger partial charge in [0.25, 0.3) is 0 Å². The first-order valence-corrected chi connectivity index (χ1v) is 7.39. The van der Waals surface area contributed by atoms with Crippen LogP contribution in [0.25, 0.3) is 0 Å². The fourth-order valence-corrected chi connectivity index (χ4v) is 2.74. The lowest BCUT2D eigenvalue weighted by Gasteiger charge is -2.22. The summed E-state index contributed by atoms with van der Waals surface area (Å²) in [4.78, 5) is 23.2. The second-order valence-corrected chi connectivity index (χ2v) is 5.53. The number of aryl methyl sites for hydroxylation is 1. The van der Waals surface area contributed by atoms with Crippen molar-refractivity contribution >= 4 is 12.0 Å². The maximum absolute atomic E-state index is 11.9. The first-order valence-electron chi connectivity index (χ1n) is 7.39. The highest BCUT2D eigenvalue weighted by molar-refractivity contribution is 5.76. The van der Waals surface area contributed by atoms with E-state index in [1.54, 1.807) is 6.07 Å². The van der Waals surface area contributed by atoms with Crippen molar-refractivity contribution in [2.75, 3.05) is 0 Å². The minimum absolute atomic E-state index is 0.296. The van der Waals surface area contributed by atoms with E-state index in [9.17, 15) is 14.7 Å². The second kappa shape index (κ2) is 7.15. The Bertz CT molecular complexity index is 498. The predicted octanol–water partition coefficient (Wildman–Crippen LogP) is 2.42. The zero-order valence-corrected chi connectivity index (χ0v) is 12.2. The van der Waals surface area contributed by atoms with Crippen molar-refractivity contribution in [3.8, 4) is 0 Å². The molecule has 1 aliphatic carbocycles. The molecular weight excluding hydrogens is 272 g/mol. The quantitative estimate of drug-likeness (QED) is 0.744. The van der Waals surface area contributed by atoms with Crippen LogP contribution in [-0.2, 0) is 11.3 Å². The number of carbonyl (C=O) groups excluding carboxylic acids is 1. The summed E-state index contributed by atoms with van der Waals surface area (Å²) >= 11 is 0. The Labute approximate surface area is 123 Å². The van der Waals surface area contributed by atoms with Gasteiger partial charge < -0.3 is 20.2 Å². The summed E-state index contributed by atoms with van der Waals surface area (Å²) in [5.41, 5.74) is 0. The van der Waals surface area contributed by atoms with Gasteiger partial charge in [-0.1, -0.05) is 19.3 Å².